The Morgan fingerprint density at radius 2 is 2.29 bits per heavy atom. The van der Waals surface area contributed by atoms with Gasteiger partial charge in [-0.15, -0.1) is 24.2 Å². The third-order valence-corrected chi connectivity index (χ3v) is 3.62. The highest BCUT2D eigenvalue weighted by atomic mass is 79.9. The van der Waals surface area contributed by atoms with Crippen LogP contribution < -0.4 is 0 Å². The molecule has 1 nitrogen and oxygen atoms in total. The Bertz CT molecular complexity index is 354. The van der Waals surface area contributed by atoms with Crippen LogP contribution in [0.15, 0.2) is 23.1 Å². The second-order valence-corrected chi connectivity index (χ2v) is 4.41. The van der Waals surface area contributed by atoms with Gasteiger partial charge in [0.15, 0.2) is 5.78 Å². The van der Waals surface area contributed by atoms with Crippen LogP contribution in [0.4, 0.5) is 0 Å². The van der Waals surface area contributed by atoms with Crippen molar-refractivity contribution in [1.82, 2.24) is 0 Å². The van der Waals surface area contributed by atoms with Gasteiger partial charge in [-0.1, -0.05) is 34.1 Å². The minimum absolute atomic E-state index is 0.0614. The molecule has 0 aliphatic carbocycles. The van der Waals surface area contributed by atoms with Crippen molar-refractivity contribution in [1.29, 1.82) is 0 Å². The fourth-order valence-electron chi connectivity index (χ4n) is 1.14. The number of carbonyl (C=O) groups excluding carboxylic acids is 1. The summed E-state index contributed by atoms with van der Waals surface area (Å²) in [6, 6.07) is 5.65. The predicted molar refractivity (Wildman–Crippen MR) is 65.6 cm³/mol. The lowest BCUT2D eigenvalue weighted by atomic mass is 10.1. The molecule has 0 heterocycles. The molecule has 0 N–H and O–H groups in total. The van der Waals surface area contributed by atoms with Crippen LogP contribution in [0.3, 0.4) is 0 Å². The van der Waals surface area contributed by atoms with Crippen molar-refractivity contribution in [2.75, 3.05) is 0 Å². The maximum atomic E-state index is 11.1. The first-order chi connectivity index (χ1) is 6.57. The van der Waals surface area contributed by atoms with Crippen molar-refractivity contribution in [3.63, 3.8) is 0 Å². The van der Waals surface area contributed by atoms with E-state index >= 15 is 0 Å². The summed E-state index contributed by atoms with van der Waals surface area (Å²) < 4.78 is 0. The number of alkyl halides is 2. The first-order valence-corrected chi connectivity index (χ1v) is 6.09. The smallest absolute Gasteiger partial charge is 0.152 e. The van der Waals surface area contributed by atoms with Gasteiger partial charge in [0.25, 0.3) is 0 Å². The maximum Gasteiger partial charge on any atom is 0.152 e. The zero-order valence-electron chi connectivity index (χ0n) is 7.63. The molecule has 14 heavy (non-hydrogen) atoms. The van der Waals surface area contributed by atoms with Gasteiger partial charge < -0.3 is 0 Å². The topological polar surface area (TPSA) is 17.1 Å². The highest BCUT2D eigenvalue weighted by Crippen LogP contribution is 2.30. The van der Waals surface area contributed by atoms with Crippen molar-refractivity contribution in [3.05, 3.63) is 29.3 Å². The lowest BCUT2D eigenvalue weighted by molar-refractivity contribution is -0.116. The molecule has 0 aliphatic rings. The summed E-state index contributed by atoms with van der Waals surface area (Å²) >= 11 is 13.7. The summed E-state index contributed by atoms with van der Waals surface area (Å²) in [6.07, 6.45) is 0. The predicted octanol–water partition coefficient (Wildman–Crippen LogP) is 3.74. The molecule has 0 radical (unpaired) electrons. The molecule has 1 rings (SSSR count). The van der Waals surface area contributed by atoms with Gasteiger partial charge in [-0.3, -0.25) is 4.79 Å². The number of hydrogen-bond donors (Lipinski definition) is 1. The zero-order valence-corrected chi connectivity index (χ0v) is 10.9. The second kappa shape index (κ2) is 5.19. The van der Waals surface area contributed by atoms with Crippen LogP contribution in [-0.4, -0.2) is 5.78 Å². The minimum atomic E-state index is -0.596. The molecular formula is C10H10BrClOS. The number of benzene rings is 1. The van der Waals surface area contributed by atoms with Gasteiger partial charge in [0.05, 0.1) is 0 Å². The largest absolute Gasteiger partial charge is 0.298 e. The molecule has 0 aliphatic heterocycles. The number of Topliss-reactive ketones (excluding diaryl/α,β-unsaturated/α-hetero) is 1. The van der Waals surface area contributed by atoms with E-state index in [1.165, 1.54) is 6.92 Å². The first-order valence-electron chi connectivity index (χ1n) is 4.09. The van der Waals surface area contributed by atoms with Crippen molar-refractivity contribution < 1.29 is 4.79 Å². The normalized spacial score (nSPS) is 12.6. The third kappa shape index (κ3) is 2.53. The highest BCUT2D eigenvalue weighted by Gasteiger charge is 2.16. The number of thiol groups is 1. The molecule has 1 aromatic carbocycles. The fraction of sp³-hybridized carbons (Fsp3) is 0.300. The molecule has 0 aromatic heterocycles. The van der Waals surface area contributed by atoms with Gasteiger partial charge in [-0.2, -0.15) is 0 Å². The van der Waals surface area contributed by atoms with Crippen molar-refractivity contribution in [2.45, 2.75) is 22.5 Å². The molecule has 0 saturated heterocycles. The van der Waals surface area contributed by atoms with E-state index in [0.29, 0.717) is 5.33 Å². The van der Waals surface area contributed by atoms with E-state index < -0.39 is 5.38 Å². The van der Waals surface area contributed by atoms with Gasteiger partial charge in [-0.05, 0) is 18.1 Å². The number of ketones is 1. The summed E-state index contributed by atoms with van der Waals surface area (Å²) in [5, 5.41) is 0.114. The molecule has 1 unspecified atom stereocenters. The van der Waals surface area contributed by atoms with Crippen molar-refractivity contribution in [2.24, 2.45) is 0 Å². The van der Waals surface area contributed by atoms with Gasteiger partial charge in [-0.25, -0.2) is 0 Å². The van der Waals surface area contributed by atoms with Crippen LogP contribution >= 0.6 is 40.2 Å². The standard InChI is InChI=1S/C10H10BrClOS/c1-6(13)9(12)8-4-2-3-7(5-11)10(8)14/h2-4,9,14H,5H2,1H3. The van der Waals surface area contributed by atoms with E-state index in [4.69, 9.17) is 11.6 Å². The number of halogens is 2. The monoisotopic (exact) mass is 292 g/mol. The average molecular weight is 294 g/mol. The molecular weight excluding hydrogens is 284 g/mol. The van der Waals surface area contributed by atoms with Crippen molar-refractivity contribution in [3.8, 4) is 0 Å². The van der Waals surface area contributed by atoms with E-state index in [0.717, 1.165) is 16.0 Å². The zero-order chi connectivity index (χ0) is 10.7. The lowest BCUT2D eigenvalue weighted by Crippen LogP contribution is -2.03. The first kappa shape index (κ1) is 12.1. The number of rotatable bonds is 3. The Hall–Kier alpha value is 0.01000. The van der Waals surface area contributed by atoms with Crippen LogP contribution in [0.2, 0.25) is 0 Å². The van der Waals surface area contributed by atoms with E-state index in [2.05, 4.69) is 28.6 Å². The molecule has 0 saturated carbocycles. The molecule has 0 amide bonds. The number of hydrogen-bond acceptors (Lipinski definition) is 2. The van der Waals surface area contributed by atoms with Gasteiger partial charge >= 0.3 is 0 Å². The average Bonchev–Trinajstić information content (AvgIpc) is 2.17. The molecule has 1 aromatic rings. The molecule has 0 fully saturated rings. The summed E-state index contributed by atoms with van der Waals surface area (Å²) in [4.78, 5) is 11.9. The molecule has 1 atom stereocenters. The van der Waals surface area contributed by atoms with Gasteiger partial charge in [0.1, 0.15) is 5.38 Å². The van der Waals surface area contributed by atoms with Crippen LogP contribution in [0.5, 0.6) is 0 Å². The summed E-state index contributed by atoms with van der Waals surface area (Å²) in [6.45, 7) is 1.48. The van der Waals surface area contributed by atoms with E-state index in [-0.39, 0.29) is 5.78 Å². The Balaban J connectivity index is 3.15. The van der Waals surface area contributed by atoms with E-state index in [9.17, 15) is 4.79 Å². The molecule has 0 spiro atoms. The minimum Gasteiger partial charge on any atom is -0.298 e. The number of carbonyl (C=O) groups is 1. The highest BCUT2D eigenvalue weighted by molar-refractivity contribution is 9.08. The van der Waals surface area contributed by atoms with E-state index in [1.807, 2.05) is 18.2 Å². The van der Waals surface area contributed by atoms with Crippen molar-refractivity contribution >= 4 is 45.9 Å². The second-order valence-electron chi connectivity index (χ2n) is 2.96. The molecule has 4 heteroatoms. The summed E-state index contributed by atoms with van der Waals surface area (Å²) in [7, 11) is 0. The van der Waals surface area contributed by atoms with Crippen LogP contribution in [0, 0.1) is 0 Å². The van der Waals surface area contributed by atoms with Gasteiger partial charge in [0, 0.05) is 10.2 Å². The Labute approximate surface area is 102 Å². The molecule has 0 bridgehead atoms. The van der Waals surface area contributed by atoms with Crippen LogP contribution in [0.25, 0.3) is 0 Å². The quantitative estimate of drug-likeness (QED) is 0.663. The van der Waals surface area contributed by atoms with Crippen LogP contribution in [-0.2, 0) is 10.1 Å². The third-order valence-electron chi connectivity index (χ3n) is 1.92. The van der Waals surface area contributed by atoms with Crippen LogP contribution in [0.1, 0.15) is 23.4 Å². The fourth-order valence-corrected chi connectivity index (χ4v) is 2.44. The summed E-state index contributed by atoms with van der Waals surface area (Å²) in [5.41, 5.74) is 1.82. The van der Waals surface area contributed by atoms with E-state index in [1.54, 1.807) is 0 Å². The Morgan fingerprint density at radius 3 is 2.79 bits per heavy atom. The summed E-state index contributed by atoms with van der Waals surface area (Å²) in [5.74, 6) is -0.0614. The van der Waals surface area contributed by atoms with Gasteiger partial charge in [0.2, 0.25) is 0 Å². The Morgan fingerprint density at radius 1 is 1.64 bits per heavy atom. The molecule has 76 valence electrons. The maximum absolute atomic E-state index is 11.1. The lowest BCUT2D eigenvalue weighted by Gasteiger charge is -2.11. The Kier molecular flexibility index (Phi) is 4.48. The SMILES string of the molecule is CC(=O)C(Cl)c1cccc(CBr)c1S.